The molecule has 0 unspecified atom stereocenters. The monoisotopic (exact) mass is 184 g/mol. The van der Waals surface area contributed by atoms with Gasteiger partial charge in [-0.05, 0) is 18.6 Å². The van der Waals surface area contributed by atoms with E-state index in [1.54, 1.807) is 6.92 Å². The van der Waals surface area contributed by atoms with Gasteiger partial charge in [0.05, 0.1) is 5.69 Å². The molecule has 4 nitrogen and oxygen atoms in total. The minimum atomic E-state index is -1.02. The number of hydrogen-bond acceptors (Lipinski definition) is 3. The molecule has 0 bridgehead atoms. The molecule has 5 heteroatoms. The van der Waals surface area contributed by atoms with E-state index < -0.39 is 11.9 Å². The van der Waals surface area contributed by atoms with Crippen LogP contribution in [0.2, 0.25) is 0 Å². The summed E-state index contributed by atoms with van der Waals surface area (Å²) < 4.78 is 17.3. The number of nitrogen functional groups attached to an aromatic ring is 1. The number of carbonyl (C=O) groups is 1. The van der Waals surface area contributed by atoms with E-state index in [4.69, 9.17) is 11.5 Å². The van der Waals surface area contributed by atoms with Crippen molar-refractivity contribution in [2.45, 2.75) is 6.92 Å². The summed E-state index contributed by atoms with van der Waals surface area (Å²) in [5.74, 6) is -0.576. The SMILES string of the molecule is Cc1cc(F)cc(OC(N)=O)c1N. The molecule has 0 spiro atoms. The van der Waals surface area contributed by atoms with Gasteiger partial charge in [0.2, 0.25) is 0 Å². The van der Waals surface area contributed by atoms with E-state index in [-0.39, 0.29) is 11.4 Å². The van der Waals surface area contributed by atoms with E-state index in [0.717, 1.165) is 6.07 Å². The fourth-order valence-electron chi connectivity index (χ4n) is 0.916. The van der Waals surface area contributed by atoms with E-state index in [0.29, 0.717) is 5.56 Å². The van der Waals surface area contributed by atoms with Crippen LogP contribution in [0.5, 0.6) is 5.75 Å². The van der Waals surface area contributed by atoms with E-state index in [1.165, 1.54) is 6.07 Å². The standard InChI is InChI=1S/C8H9FN2O2/c1-4-2-5(9)3-6(7(4)10)13-8(11)12/h2-3H,10H2,1H3,(H2,11,12). The number of hydrogen-bond donors (Lipinski definition) is 2. The van der Waals surface area contributed by atoms with Gasteiger partial charge in [0.15, 0.2) is 5.75 Å². The summed E-state index contributed by atoms with van der Waals surface area (Å²) in [5.41, 5.74) is 11.0. The Morgan fingerprint density at radius 1 is 1.54 bits per heavy atom. The Bertz CT molecular complexity index is 352. The second-order valence-electron chi connectivity index (χ2n) is 2.56. The summed E-state index contributed by atoms with van der Waals surface area (Å²) in [6.07, 6.45) is -1.02. The number of rotatable bonds is 1. The zero-order chi connectivity index (χ0) is 10.0. The molecule has 1 aromatic rings. The van der Waals surface area contributed by atoms with Crippen molar-refractivity contribution in [3.8, 4) is 5.75 Å². The molecule has 0 atom stereocenters. The van der Waals surface area contributed by atoms with Gasteiger partial charge in [-0.15, -0.1) is 0 Å². The van der Waals surface area contributed by atoms with Crippen molar-refractivity contribution in [3.05, 3.63) is 23.5 Å². The Morgan fingerprint density at radius 3 is 2.69 bits per heavy atom. The van der Waals surface area contributed by atoms with Crippen LogP contribution in [0.1, 0.15) is 5.56 Å². The molecule has 0 heterocycles. The highest BCUT2D eigenvalue weighted by atomic mass is 19.1. The van der Waals surface area contributed by atoms with Crippen LogP contribution in [0.4, 0.5) is 14.9 Å². The first-order valence-corrected chi connectivity index (χ1v) is 3.53. The van der Waals surface area contributed by atoms with Crippen LogP contribution in [0.3, 0.4) is 0 Å². The Kier molecular flexibility index (Phi) is 2.36. The van der Waals surface area contributed by atoms with Crippen molar-refractivity contribution < 1.29 is 13.9 Å². The van der Waals surface area contributed by atoms with Gasteiger partial charge in [-0.1, -0.05) is 0 Å². The highest BCUT2D eigenvalue weighted by Crippen LogP contribution is 2.26. The van der Waals surface area contributed by atoms with Gasteiger partial charge >= 0.3 is 6.09 Å². The number of halogens is 1. The Hall–Kier alpha value is -1.78. The molecule has 4 N–H and O–H groups in total. The van der Waals surface area contributed by atoms with Crippen molar-refractivity contribution in [1.29, 1.82) is 0 Å². The van der Waals surface area contributed by atoms with Crippen LogP contribution in [0, 0.1) is 12.7 Å². The van der Waals surface area contributed by atoms with E-state index in [1.807, 2.05) is 0 Å². The summed E-state index contributed by atoms with van der Waals surface area (Å²) in [4.78, 5) is 10.4. The minimum absolute atomic E-state index is 0.0509. The van der Waals surface area contributed by atoms with Gasteiger partial charge in [-0.25, -0.2) is 9.18 Å². The largest absolute Gasteiger partial charge is 0.410 e. The maximum absolute atomic E-state index is 12.8. The second-order valence-corrected chi connectivity index (χ2v) is 2.56. The first-order valence-electron chi connectivity index (χ1n) is 3.53. The Labute approximate surface area is 74.3 Å². The van der Waals surface area contributed by atoms with Gasteiger partial charge in [0.25, 0.3) is 0 Å². The number of aryl methyl sites for hydroxylation is 1. The van der Waals surface area contributed by atoms with Crippen molar-refractivity contribution in [1.82, 2.24) is 0 Å². The second kappa shape index (κ2) is 3.30. The van der Waals surface area contributed by atoms with Crippen molar-refractivity contribution >= 4 is 11.8 Å². The molecule has 0 radical (unpaired) electrons. The number of nitrogens with two attached hydrogens (primary N) is 2. The summed E-state index contributed by atoms with van der Waals surface area (Å²) in [5, 5.41) is 0. The lowest BCUT2D eigenvalue weighted by atomic mass is 10.2. The smallest absolute Gasteiger partial charge is 0.408 e. The molecule has 0 aliphatic rings. The van der Waals surface area contributed by atoms with Crippen LogP contribution in [-0.4, -0.2) is 6.09 Å². The van der Waals surface area contributed by atoms with E-state index in [9.17, 15) is 9.18 Å². The van der Waals surface area contributed by atoms with Gasteiger partial charge in [0.1, 0.15) is 5.82 Å². The molecular formula is C8H9FN2O2. The van der Waals surface area contributed by atoms with Crippen molar-refractivity contribution in [3.63, 3.8) is 0 Å². The van der Waals surface area contributed by atoms with Crippen LogP contribution in [0.25, 0.3) is 0 Å². The number of carbonyl (C=O) groups excluding carboxylic acids is 1. The normalized spacial score (nSPS) is 9.69. The number of anilines is 1. The maximum atomic E-state index is 12.8. The minimum Gasteiger partial charge on any atom is -0.408 e. The summed E-state index contributed by atoms with van der Waals surface area (Å²) in [6, 6.07) is 2.25. The third kappa shape index (κ3) is 2.08. The quantitative estimate of drug-likeness (QED) is 0.643. The number of primary amides is 1. The van der Waals surface area contributed by atoms with Gasteiger partial charge in [-0.3, -0.25) is 0 Å². The average Bonchev–Trinajstić information content (AvgIpc) is 1.98. The van der Waals surface area contributed by atoms with Crippen LogP contribution < -0.4 is 16.2 Å². The fourth-order valence-corrected chi connectivity index (χ4v) is 0.916. The van der Waals surface area contributed by atoms with Gasteiger partial charge in [0, 0.05) is 6.07 Å². The molecular weight excluding hydrogens is 175 g/mol. The predicted molar refractivity (Wildman–Crippen MR) is 45.8 cm³/mol. The average molecular weight is 184 g/mol. The topological polar surface area (TPSA) is 78.3 Å². The molecule has 70 valence electrons. The highest BCUT2D eigenvalue weighted by molar-refractivity contribution is 5.72. The zero-order valence-corrected chi connectivity index (χ0v) is 7.00. The molecule has 0 aliphatic heterocycles. The fraction of sp³-hybridized carbons (Fsp3) is 0.125. The first kappa shape index (κ1) is 9.31. The molecule has 0 fully saturated rings. The lowest BCUT2D eigenvalue weighted by molar-refractivity contribution is 0.211. The summed E-state index contributed by atoms with van der Waals surface area (Å²) in [6.45, 7) is 1.60. The zero-order valence-electron chi connectivity index (χ0n) is 7.00. The molecule has 0 saturated carbocycles. The van der Waals surface area contributed by atoms with Crippen LogP contribution in [0.15, 0.2) is 12.1 Å². The molecule has 13 heavy (non-hydrogen) atoms. The third-order valence-corrected chi connectivity index (χ3v) is 1.52. The predicted octanol–water partition coefficient (Wildman–Crippen LogP) is 1.17. The molecule has 1 rings (SSSR count). The first-order chi connectivity index (χ1) is 6.00. The van der Waals surface area contributed by atoms with Crippen LogP contribution >= 0.6 is 0 Å². The van der Waals surface area contributed by atoms with E-state index in [2.05, 4.69) is 4.74 Å². The molecule has 0 aliphatic carbocycles. The number of benzene rings is 1. The van der Waals surface area contributed by atoms with Crippen LogP contribution in [-0.2, 0) is 0 Å². The third-order valence-electron chi connectivity index (χ3n) is 1.52. The van der Waals surface area contributed by atoms with E-state index >= 15 is 0 Å². The van der Waals surface area contributed by atoms with Gasteiger partial charge < -0.3 is 16.2 Å². The van der Waals surface area contributed by atoms with Crippen molar-refractivity contribution in [2.24, 2.45) is 5.73 Å². The molecule has 0 aromatic heterocycles. The lowest BCUT2D eigenvalue weighted by Gasteiger charge is -2.06. The lowest BCUT2D eigenvalue weighted by Crippen LogP contribution is -2.17. The molecule has 1 aromatic carbocycles. The maximum Gasteiger partial charge on any atom is 0.410 e. The summed E-state index contributed by atoms with van der Waals surface area (Å²) >= 11 is 0. The van der Waals surface area contributed by atoms with Crippen molar-refractivity contribution in [2.75, 3.05) is 5.73 Å². The number of amides is 1. The molecule has 0 saturated heterocycles. The van der Waals surface area contributed by atoms with Gasteiger partial charge in [-0.2, -0.15) is 0 Å². The number of ether oxygens (including phenoxy) is 1. The highest BCUT2D eigenvalue weighted by Gasteiger charge is 2.08. The summed E-state index contributed by atoms with van der Waals surface area (Å²) in [7, 11) is 0. The Morgan fingerprint density at radius 2 is 2.15 bits per heavy atom. The molecule has 1 amide bonds. The Balaban J connectivity index is 3.12.